The topological polar surface area (TPSA) is 47.3 Å². The van der Waals surface area contributed by atoms with Crippen molar-refractivity contribution in [3.05, 3.63) is 0 Å². The standard InChI is InChI=1S/C12H23F3N2O/c1-18-11(7-3-2-4-8-11)10(17-16)6-5-9-12(13,14)15/h10,17H,2-9,16H2,1H3. The van der Waals surface area contributed by atoms with Crippen molar-refractivity contribution in [3.8, 4) is 0 Å². The molecule has 1 saturated carbocycles. The molecule has 1 rings (SSSR count). The Balaban J connectivity index is 2.52. The lowest BCUT2D eigenvalue weighted by atomic mass is 9.77. The highest BCUT2D eigenvalue weighted by Gasteiger charge is 2.39. The van der Waals surface area contributed by atoms with Crippen LogP contribution < -0.4 is 11.3 Å². The molecule has 3 nitrogen and oxygen atoms in total. The molecule has 108 valence electrons. The Kier molecular flexibility index (Phi) is 5.88. The summed E-state index contributed by atoms with van der Waals surface area (Å²) in [6.07, 6.45) is 0.612. The number of methoxy groups -OCH3 is 1. The number of nitrogens with two attached hydrogens (primary N) is 1. The summed E-state index contributed by atoms with van der Waals surface area (Å²) in [5.74, 6) is 5.50. The van der Waals surface area contributed by atoms with Gasteiger partial charge in [0.25, 0.3) is 0 Å². The van der Waals surface area contributed by atoms with Crippen molar-refractivity contribution < 1.29 is 17.9 Å². The summed E-state index contributed by atoms with van der Waals surface area (Å²) in [6, 6.07) is -0.204. The minimum Gasteiger partial charge on any atom is -0.377 e. The van der Waals surface area contributed by atoms with Crippen LogP contribution in [0.5, 0.6) is 0 Å². The molecule has 1 fully saturated rings. The van der Waals surface area contributed by atoms with E-state index in [9.17, 15) is 13.2 Å². The summed E-state index contributed by atoms with van der Waals surface area (Å²) >= 11 is 0. The van der Waals surface area contributed by atoms with Gasteiger partial charge in [0.1, 0.15) is 0 Å². The molecule has 1 aliphatic rings. The van der Waals surface area contributed by atoms with E-state index in [-0.39, 0.29) is 12.5 Å². The molecule has 0 bridgehead atoms. The second-order valence-corrected chi connectivity index (χ2v) is 5.06. The van der Waals surface area contributed by atoms with Crippen LogP contribution in [0.25, 0.3) is 0 Å². The van der Waals surface area contributed by atoms with Gasteiger partial charge in [-0.15, -0.1) is 0 Å². The first-order valence-electron chi connectivity index (χ1n) is 6.51. The van der Waals surface area contributed by atoms with Crippen LogP contribution in [0.4, 0.5) is 13.2 Å². The van der Waals surface area contributed by atoms with Gasteiger partial charge in [-0.1, -0.05) is 19.3 Å². The summed E-state index contributed by atoms with van der Waals surface area (Å²) in [5.41, 5.74) is 2.27. The molecular formula is C12H23F3N2O. The molecule has 0 aromatic heterocycles. The Morgan fingerprint density at radius 2 is 1.89 bits per heavy atom. The average Bonchev–Trinajstić information content (AvgIpc) is 2.34. The van der Waals surface area contributed by atoms with Gasteiger partial charge in [-0.05, 0) is 25.7 Å². The number of hydrazine groups is 1. The van der Waals surface area contributed by atoms with E-state index in [1.807, 2.05) is 0 Å². The zero-order valence-corrected chi connectivity index (χ0v) is 10.9. The van der Waals surface area contributed by atoms with Gasteiger partial charge in [0.05, 0.1) is 11.6 Å². The lowest BCUT2D eigenvalue weighted by molar-refractivity contribution is -0.137. The quantitative estimate of drug-likeness (QED) is 0.575. The summed E-state index contributed by atoms with van der Waals surface area (Å²) in [6.45, 7) is 0. The van der Waals surface area contributed by atoms with Crippen LogP contribution in [-0.4, -0.2) is 24.9 Å². The third kappa shape index (κ3) is 4.40. The molecule has 1 atom stereocenters. The van der Waals surface area contributed by atoms with Crippen LogP contribution in [0.3, 0.4) is 0 Å². The zero-order valence-electron chi connectivity index (χ0n) is 10.9. The number of rotatable bonds is 6. The van der Waals surface area contributed by atoms with Crippen LogP contribution in [0.1, 0.15) is 51.4 Å². The molecule has 3 N–H and O–H groups in total. The molecule has 1 aliphatic carbocycles. The summed E-state index contributed by atoms with van der Waals surface area (Å²) in [4.78, 5) is 0. The van der Waals surface area contributed by atoms with Gasteiger partial charge >= 0.3 is 6.18 Å². The predicted molar refractivity (Wildman–Crippen MR) is 63.8 cm³/mol. The van der Waals surface area contributed by atoms with Gasteiger partial charge in [0, 0.05) is 13.5 Å². The highest BCUT2D eigenvalue weighted by Crippen LogP contribution is 2.36. The number of halogens is 3. The number of alkyl halides is 3. The van der Waals surface area contributed by atoms with Crippen molar-refractivity contribution in [1.82, 2.24) is 5.43 Å². The van der Waals surface area contributed by atoms with E-state index in [4.69, 9.17) is 10.6 Å². The fourth-order valence-corrected chi connectivity index (χ4v) is 2.85. The number of hydrogen-bond acceptors (Lipinski definition) is 3. The maximum absolute atomic E-state index is 12.1. The molecule has 0 aromatic carbocycles. The van der Waals surface area contributed by atoms with E-state index in [0.717, 1.165) is 32.1 Å². The average molecular weight is 268 g/mol. The second kappa shape index (κ2) is 6.73. The molecule has 0 aliphatic heterocycles. The van der Waals surface area contributed by atoms with Crippen molar-refractivity contribution in [1.29, 1.82) is 0 Å². The van der Waals surface area contributed by atoms with Crippen molar-refractivity contribution in [2.45, 2.75) is 69.2 Å². The van der Waals surface area contributed by atoms with Crippen molar-refractivity contribution in [2.24, 2.45) is 5.84 Å². The largest absolute Gasteiger partial charge is 0.389 e. The lowest BCUT2D eigenvalue weighted by Gasteiger charge is -2.42. The van der Waals surface area contributed by atoms with Crippen LogP contribution in [0.15, 0.2) is 0 Å². The molecule has 0 saturated heterocycles. The Labute approximate surface area is 106 Å². The number of hydrogen-bond donors (Lipinski definition) is 2. The van der Waals surface area contributed by atoms with E-state index in [1.165, 1.54) is 0 Å². The van der Waals surface area contributed by atoms with E-state index in [2.05, 4.69) is 5.43 Å². The third-order valence-electron chi connectivity index (χ3n) is 3.90. The zero-order chi connectivity index (χ0) is 13.6. The van der Waals surface area contributed by atoms with Gasteiger partial charge in [-0.25, -0.2) is 0 Å². The monoisotopic (exact) mass is 268 g/mol. The van der Waals surface area contributed by atoms with Gasteiger partial charge < -0.3 is 4.74 Å². The van der Waals surface area contributed by atoms with Crippen LogP contribution in [-0.2, 0) is 4.74 Å². The molecule has 0 amide bonds. The van der Waals surface area contributed by atoms with Gasteiger partial charge in [0.2, 0.25) is 0 Å². The molecule has 0 heterocycles. The van der Waals surface area contributed by atoms with Crippen molar-refractivity contribution >= 4 is 0 Å². The fraction of sp³-hybridized carbons (Fsp3) is 1.00. The molecule has 18 heavy (non-hydrogen) atoms. The van der Waals surface area contributed by atoms with E-state index in [1.54, 1.807) is 7.11 Å². The van der Waals surface area contributed by atoms with Gasteiger partial charge in [-0.2, -0.15) is 13.2 Å². The lowest BCUT2D eigenvalue weighted by Crippen LogP contribution is -2.55. The summed E-state index contributed by atoms with van der Waals surface area (Å²) in [5, 5.41) is 0. The van der Waals surface area contributed by atoms with Gasteiger partial charge in [-0.3, -0.25) is 11.3 Å². The summed E-state index contributed by atoms with van der Waals surface area (Å²) in [7, 11) is 1.62. The minimum absolute atomic E-state index is 0.0868. The molecule has 6 heteroatoms. The van der Waals surface area contributed by atoms with Gasteiger partial charge in [0.15, 0.2) is 0 Å². The Morgan fingerprint density at radius 3 is 2.33 bits per heavy atom. The Hall–Kier alpha value is -0.330. The third-order valence-corrected chi connectivity index (χ3v) is 3.90. The maximum Gasteiger partial charge on any atom is 0.389 e. The maximum atomic E-state index is 12.1. The first-order chi connectivity index (χ1) is 8.43. The number of ether oxygens (including phenoxy) is 1. The first-order valence-corrected chi connectivity index (χ1v) is 6.51. The van der Waals surface area contributed by atoms with Crippen LogP contribution in [0.2, 0.25) is 0 Å². The highest BCUT2D eigenvalue weighted by atomic mass is 19.4. The van der Waals surface area contributed by atoms with E-state index < -0.39 is 18.2 Å². The minimum atomic E-state index is -4.09. The second-order valence-electron chi connectivity index (χ2n) is 5.06. The van der Waals surface area contributed by atoms with E-state index >= 15 is 0 Å². The molecular weight excluding hydrogens is 245 g/mol. The number of nitrogens with one attached hydrogen (secondary N) is 1. The highest BCUT2D eigenvalue weighted by molar-refractivity contribution is 4.94. The Bertz CT molecular complexity index is 240. The first kappa shape index (κ1) is 15.7. The normalized spacial score (nSPS) is 21.8. The van der Waals surface area contributed by atoms with Crippen LogP contribution in [0, 0.1) is 0 Å². The van der Waals surface area contributed by atoms with Crippen molar-refractivity contribution in [2.75, 3.05) is 7.11 Å². The van der Waals surface area contributed by atoms with Crippen molar-refractivity contribution in [3.63, 3.8) is 0 Å². The predicted octanol–water partition coefficient (Wildman–Crippen LogP) is 2.90. The SMILES string of the molecule is COC1(C(CCCC(F)(F)F)NN)CCCCC1. The molecule has 0 radical (unpaired) electrons. The molecule has 0 aromatic rings. The Morgan fingerprint density at radius 1 is 1.28 bits per heavy atom. The van der Waals surface area contributed by atoms with Crippen LogP contribution >= 0.6 is 0 Å². The fourth-order valence-electron chi connectivity index (χ4n) is 2.85. The van der Waals surface area contributed by atoms with E-state index in [0.29, 0.717) is 6.42 Å². The summed E-state index contributed by atoms with van der Waals surface area (Å²) < 4.78 is 42.0. The molecule has 1 unspecified atom stereocenters. The molecule has 0 spiro atoms. The smallest absolute Gasteiger partial charge is 0.377 e.